The van der Waals surface area contributed by atoms with Crippen molar-refractivity contribution in [1.29, 1.82) is 0 Å². The molecular weight excluding hydrogens is 254 g/mol. The maximum Gasteiger partial charge on any atom is 0.418 e. The van der Waals surface area contributed by atoms with E-state index >= 15 is 0 Å². The van der Waals surface area contributed by atoms with E-state index in [0.717, 1.165) is 7.11 Å². The second kappa shape index (κ2) is 5.16. The summed E-state index contributed by atoms with van der Waals surface area (Å²) in [7, 11) is 1.13. The Labute approximate surface area is 111 Å². The summed E-state index contributed by atoms with van der Waals surface area (Å²) in [6, 6.07) is 0. The van der Waals surface area contributed by atoms with Gasteiger partial charge in [0.25, 0.3) is 0 Å². The number of hydrogen-bond donors (Lipinski definition) is 1. The summed E-state index contributed by atoms with van der Waals surface area (Å²) in [6.45, 7) is 4.24. The van der Waals surface area contributed by atoms with Crippen molar-refractivity contribution in [1.82, 2.24) is 4.90 Å². The highest BCUT2D eigenvalue weighted by atomic mass is 16.6. The molecule has 1 aliphatic heterocycles. The number of aliphatic hydroxyl groups excluding tert-OH is 1. The number of carbonyl (C=O) groups is 3. The van der Waals surface area contributed by atoms with Crippen molar-refractivity contribution in [3.63, 3.8) is 0 Å². The van der Waals surface area contributed by atoms with Crippen molar-refractivity contribution >= 4 is 18.0 Å². The molecule has 0 saturated carbocycles. The van der Waals surface area contributed by atoms with Crippen LogP contribution in [0.5, 0.6) is 0 Å². The van der Waals surface area contributed by atoms with Gasteiger partial charge in [0.2, 0.25) is 5.91 Å². The summed E-state index contributed by atoms with van der Waals surface area (Å²) >= 11 is 0. The molecule has 2 amide bonds. The Morgan fingerprint density at radius 2 is 2.00 bits per heavy atom. The molecule has 19 heavy (non-hydrogen) atoms. The molecule has 1 saturated heterocycles. The molecule has 0 unspecified atom stereocenters. The van der Waals surface area contributed by atoms with Crippen molar-refractivity contribution in [2.24, 2.45) is 0 Å². The minimum atomic E-state index is -1.67. The highest BCUT2D eigenvalue weighted by Crippen LogP contribution is 2.32. The molecule has 0 aromatic heterocycles. The van der Waals surface area contributed by atoms with Gasteiger partial charge in [0.1, 0.15) is 5.60 Å². The van der Waals surface area contributed by atoms with E-state index in [2.05, 4.69) is 4.74 Å². The molecule has 108 valence electrons. The summed E-state index contributed by atoms with van der Waals surface area (Å²) in [5, 5.41) is 9.45. The third kappa shape index (κ3) is 2.86. The zero-order valence-electron chi connectivity index (χ0n) is 11.6. The van der Waals surface area contributed by atoms with Gasteiger partial charge in [0.05, 0.1) is 13.7 Å². The van der Waals surface area contributed by atoms with Gasteiger partial charge in [-0.1, -0.05) is 0 Å². The van der Waals surface area contributed by atoms with Crippen LogP contribution in [0.2, 0.25) is 0 Å². The average molecular weight is 273 g/mol. The van der Waals surface area contributed by atoms with Crippen LogP contribution in [-0.4, -0.2) is 52.8 Å². The first-order valence-electron chi connectivity index (χ1n) is 5.93. The van der Waals surface area contributed by atoms with Crippen molar-refractivity contribution < 1.29 is 29.0 Å². The summed E-state index contributed by atoms with van der Waals surface area (Å²) in [5.74, 6) is -1.39. The van der Waals surface area contributed by atoms with Gasteiger partial charge in [-0.15, -0.1) is 0 Å². The van der Waals surface area contributed by atoms with Gasteiger partial charge in [0, 0.05) is 6.42 Å². The molecule has 1 atom stereocenters. The smallest absolute Gasteiger partial charge is 0.418 e. The standard InChI is InChI=1S/C12H19NO6/c1-11(2,3)19-10(17)13-8(15)5-6-12(13,7-14)9(16)18-4/h14H,5-7H2,1-4H3/t12-/m1/s1. The lowest BCUT2D eigenvalue weighted by molar-refractivity contribution is -0.159. The van der Waals surface area contributed by atoms with Crippen LogP contribution < -0.4 is 0 Å². The molecule has 0 aromatic rings. The van der Waals surface area contributed by atoms with E-state index in [4.69, 9.17) is 4.74 Å². The quantitative estimate of drug-likeness (QED) is 0.734. The van der Waals surface area contributed by atoms with Gasteiger partial charge < -0.3 is 14.6 Å². The number of carbonyl (C=O) groups excluding carboxylic acids is 3. The van der Waals surface area contributed by atoms with Crippen molar-refractivity contribution in [2.75, 3.05) is 13.7 Å². The van der Waals surface area contributed by atoms with E-state index in [1.54, 1.807) is 20.8 Å². The van der Waals surface area contributed by atoms with E-state index in [1.165, 1.54) is 0 Å². The Morgan fingerprint density at radius 1 is 1.42 bits per heavy atom. The summed E-state index contributed by atoms with van der Waals surface area (Å²) < 4.78 is 9.68. The van der Waals surface area contributed by atoms with Gasteiger partial charge in [-0.2, -0.15) is 0 Å². The molecular formula is C12H19NO6. The molecule has 0 bridgehead atoms. The first kappa shape index (κ1) is 15.4. The average Bonchev–Trinajstić information content (AvgIpc) is 2.64. The monoisotopic (exact) mass is 273 g/mol. The number of aliphatic hydroxyl groups is 1. The zero-order valence-corrected chi connectivity index (χ0v) is 11.6. The largest absolute Gasteiger partial charge is 0.467 e. The summed E-state index contributed by atoms with van der Waals surface area (Å²) in [5.41, 5.74) is -2.48. The van der Waals surface area contributed by atoms with E-state index in [1.807, 2.05) is 0 Å². The Morgan fingerprint density at radius 3 is 2.42 bits per heavy atom. The Kier molecular flexibility index (Phi) is 4.19. The molecule has 0 radical (unpaired) electrons. The fourth-order valence-corrected chi connectivity index (χ4v) is 1.96. The fraction of sp³-hybridized carbons (Fsp3) is 0.750. The number of esters is 1. The van der Waals surface area contributed by atoms with Gasteiger partial charge in [-0.05, 0) is 27.2 Å². The van der Waals surface area contributed by atoms with Gasteiger partial charge in [-0.3, -0.25) is 4.79 Å². The molecule has 7 heteroatoms. The molecule has 1 fully saturated rings. The minimum Gasteiger partial charge on any atom is -0.467 e. The van der Waals surface area contributed by atoms with E-state index in [-0.39, 0.29) is 12.8 Å². The van der Waals surface area contributed by atoms with Crippen LogP contribution in [0.3, 0.4) is 0 Å². The third-order valence-electron chi connectivity index (χ3n) is 2.83. The predicted octanol–water partition coefficient (Wildman–Crippen LogP) is 0.448. The van der Waals surface area contributed by atoms with E-state index in [9.17, 15) is 19.5 Å². The normalized spacial score (nSPS) is 23.4. The van der Waals surface area contributed by atoms with Crippen LogP contribution in [-0.2, 0) is 19.1 Å². The number of ether oxygens (including phenoxy) is 2. The van der Waals surface area contributed by atoms with Crippen molar-refractivity contribution in [2.45, 2.75) is 44.8 Å². The Balaban J connectivity index is 3.09. The highest BCUT2D eigenvalue weighted by Gasteiger charge is 2.56. The topological polar surface area (TPSA) is 93.1 Å². The van der Waals surface area contributed by atoms with E-state index < -0.39 is 35.7 Å². The van der Waals surface area contributed by atoms with Gasteiger partial charge in [-0.25, -0.2) is 14.5 Å². The van der Waals surface area contributed by atoms with Crippen LogP contribution in [0.15, 0.2) is 0 Å². The lowest BCUT2D eigenvalue weighted by atomic mass is 9.98. The molecule has 1 heterocycles. The maximum atomic E-state index is 12.0. The van der Waals surface area contributed by atoms with Crippen LogP contribution in [0.25, 0.3) is 0 Å². The molecule has 1 aliphatic rings. The number of nitrogens with zero attached hydrogens (tertiary/aromatic N) is 1. The molecule has 0 spiro atoms. The molecule has 0 aliphatic carbocycles. The number of hydrogen-bond acceptors (Lipinski definition) is 6. The molecule has 1 rings (SSSR count). The van der Waals surface area contributed by atoms with Crippen LogP contribution in [0.1, 0.15) is 33.6 Å². The third-order valence-corrected chi connectivity index (χ3v) is 2.83. The number of likely N-dealkylation sites (tertiary alicyclic amines) is 1. The lowest BCUT2D eigenvalue weighted by Gasteiger charge is -2.33. The maximum absolute atomic E-state index is 12.0. The first-order valence-corrected chi connectivity index (χ1v) is 5.93. The molecule has 7 nitrogen and oxygen atoms in total. The second-order valence-electron chi connectivity index (χ2n) is 5.39. The molecule has 0 aromatic carbocycles. The van der Waals surface area contributed by atoms with Crippen molar-refractivity contribution in [3.8, 4) is 0 Å². The number of amides is 2. The SMILES string of the molecule is COC(=O)[C@]1(CO)CCC(=O)N1C(=O)OC(C)(C)C. The van der Waals surface area contributed by atoms with E-state index in [0.29, 0.717) is 4.90 Å². The Bertz CT molecular complexity index is 400. The van der Waals surface area contributed by atoms with Crippen LogP contribution in [0.4, 0.5) is 4.79 Å². The number of imide groups is 1. The lowest BCUT2D eigenvalue weighted by Crippen LogP contribution is -2.58. The van der Waals surface area contributed by atoms with Gasteiger partial charge in [0.15, 0.2) is 5.54 Å². The predicted molar refractivity (Wildman–Crippen MR) is 64.1 cm³/mol. The summed E-state index contributed by atoms with van der Waals surface area (Å²) in [6.07, 6.45) is -0.946. The first-order chi connectivity index (χ1) is 8.68. The number of methoxy groups -OCH3 is 1. The fourth-order valence-electron chi connectivity index (χ4n) is 1.96. The summed E-state index contributed by atoms with van der Waals surface area (Å²) in [4.78, 5) is 36.3. The van der Waals surface area contributed by atoms with Gasteiger partial charge >= 0.3 is 12.1 Å². The zero-order chi connectivity index (χ0) is 14.8. The highest BCUT2D eigenvalue weighted by molar-refractivity contribution is 6.02. The van der Waals surface area contributed by atoms with Crippen molar-refractivity contribution in [3.05, 3.63) is 0 Å². The Hall–Kier alpha value is -1.63. The second-order valence-corrected chi connectivity index (χ2v) is 5.39. The number of rotatable bonds is 2. The van der Waals surface area contributed by atoms with Crippen LogP contribution >= 0.6 is 0 Å². The minimum absolute atomic E-state index is 0.0189. The molecule has 1 N–H and O–H groups in total. The van der Waals surface area contributed by atoms with Crippen LogP contribution in [0, 0.1) is 0 Å².